The van der Waals surface area contributed by atoms with Crippen LogP contribution in [0.5, 0.6) is 0 Å². The van der Waals surface area contributed by atoms with Crippen LogP contribution in [0.2, 0.25) is 5.02 Å². The second kappa shape index (κ2) is 5.70. The Kier molecular flexibility index (Phi) is 4.55. The summed E-state index contributed by atoms with van der Waals surface area (Å²) >= 11 is 5.93. The van der Waals surface area contributed by atoms with Gasteiger partial charge >= 0.3 is 0 Å². The minimum atomic E-state index is -0.165. The largest absolute Gasteiger partial charge is 0.384 e. The van der Waals surface area contributed by atoms with E-state index < -0.39 is 0 Å². The van der Waals surface area contributed by atoms with Crippen molar-refractivity contribution < 1.29 is 4.79 Å². The van der Waals surface area contributed by atoms with E-state index in [1.165, 1.54) is 0 Å². The molecule has 0 unspecified atom stereocenters. The fraction of sp³-hybridized carbons (Fsp3) is 0.455. The number of hydrogen-bond acceptors (Lipinski definition) is 3. The molecule has 0 aliphatic heterocycles. The molecule has 0 atom stereocenters. The zero-order valence-corrected chi connectivity index (χ0v) is 10.3. The smallest absolute Gasteiger partial charge is 0.274 e. The number of nitrogens with zero attached hydrogens (tertiary/aromatic N) is 2. The van der Waals surface area contributed by atoms with Crippen molar-refractivity contribution in [3.8, 4) is 0 Å². The quantitative estimate of drug-likeness (QED) is 0.879. The van der Waals surface area contributed by atoms with E-state index in [0.717, 1.165) is 6.42 Å². The first kappa shape index (κ1) is 12.8. The van der Waals surface area contributed by atoms with E-state index in [2.05, 4.69) is 4.98 Å². The number of hydrogen-bond donors (Lipinski definition) is 1. The summed E-state index contributed by atoms with van der Waals surface area (Å²) in [6.45, 7) is 5.28. The summed E-state index contributed by atoms with van der Waals surface area (Å²) < 4.78 is 0. The molecule has 4 nitrogen and oxygen atoms in total. The Morgan fingerprint density at radius 1 is 1.50 bits per heavy atom. The molecule has 0 aliphatic carbocycles. The van der Waals surface area contributed by atoms with Gasteiger partial charge in [0.1, 0.15) is 11.5 Å². The minimum Gasteiger partial charge on any atom is -0.384 e. The van der Waals surface area contributed by atoms with E-state index in [1.807, 2.05) is 13.8 Å². The first-order chi connectivity index (χ1) is 7.60. The average Bonchev–Trinajstić information content (AvgIpc) is 2.28. The summed E-state index contributed by atoms with van der Waals surface area (Å²) in [5.41, 5.74) is 5.77. The summed E-state index contributed by atoms with van der Waals surface area (Å²) in [5.74, 6) is 0.141. The van der Waals surface area contributed by atoms with E-state index in [-0.39, 0.29) is 11.6 Å². The number of aromatic nitrogens is 1. The summed E-state index contributed by atoms with van der Waals surface area (Å²) in [4.78, 5) is 17.7. The van der Waals surface area contributed by atoms with Crippen molar-refractivity contribution in [3.63, 3.8) is 0 Å². The van der Waals surface area contributed by atoms with Crippen molar-refractivity contribution in [1.29, 1.82) is 0 Å². The number of carbonyl (C=O) groups is 1. The number of nitrogen functional groups attached to an aromatic ring is 1. The molecule has 0 saturated heterocycles. The number of halogens is 1. The molecule has 0 fully saturated rings. The lowest BCUT2D eigenvalue weighted by atomic mass is 10.3. The minimum absolute atomic E-state index is 0.165. The second-order valence-corrected chi connectivity index (χ2v) is 3.86. The molecule has 0 spiro atoms. The zero-order chi connectivity index (χ0) is 12.1. The maximum Gasteiger partial charge on any atom is 0.274 e. The van der Waals surface area contributed by atoms with Crippen molar-refractivity contribution in [2.75, 3.05) is 18.8 Å². The van der Waals surface area contributed by atoms with Crippen LogP contribution in [0.4, 0.5) is 5.82 Å². The molecule has 5 heteroatoms. The molecule has 0 saturated carbocycles. The third-order valence-electron chi connectivity index (χ3n) is 2.23. The molecule has 1 aromatic heterocycles. The molecular formula is C11H16ClN3O. The Morgan fingerprint density at radius 3 is 2.75 bits per heavy atom. The normalized spacial score (nSPS) is 10.2. The first-order valence-electron chi connectivity index (χ1n) is 5.31. The van der Waals surface area contributed by atoms with Crippen molar-refractivity contribution in [2.24, 2.45) is 0 Å². The number of anilines is 1. The van der Waals surface area contributed by atoms with Gasteiger partial charge in [-0.2, -0.15) is 0 Å². The van der Waals surface area contributed by atoms with Crippen LogP contribution in [0, 0.1) is 0 Å². The van der Waals surface area contributed by atoms with Gasteiger partial charge in [-0.25, -0.2) is 4.98 Å². The van der Waals surface area contributed by atoms with Crippen molar-refractivity contribution >= 4 is 23.3 Å². The van der Waals surface area contributed by atoms with Crippen LogP contribution < -0.4 is 5.73 Å². The summed E-state index contributed by atoms with van der Waals surface area (Å²) in [6, 6.07) is 3.17. The molecule has 16 heavy (non-hydrogen) atoms. The Bertz CT molecular complexity index is 381. The summed E-state index contributed by atoms with van der Waals surface area (Å²) in [6.07, 6.45) is 0.902. The van der Waals surface area contributed by atoms with Gasteiger partial charge in [-0.3, -0.25) is 4.79 Å². The van der Waals surface area contributed by atoms with Crippen molar-refractivity contribution in [2.45, 2.75) is 20.3 Å². The van der Waals surface area contributed by atoms with Gasteiger partial charge in [-0.15, -0.1) is 0 Å². The number of carbonyl (C=O) groups excluding carboxylic acids is 1. The van der Waals surface area contributed by atoms with Crippen LogP contribution in [0.3, 0.4) is 0 Å². The molecule has 0 aromatic carbocycles. The highest BCUT2D eigenvalue weighted by molar-refractivity contribution is 6.33. The summed E-state index contributed by atoms with van der Waals surface area (Å²) in [5, 5.41) is 0.341. The SMILES string of the molecule is CCCN(CC)C(=O)c1nc(N)ccc1Cl. The zero-order valence-electron chi connectivity index (χ0n) is 9.53. The maximum atomic E-state index is 12.1. The highest BCUT2D eigenvalue weighted by Crippen LogP contribution is 2.17. The van der Waals surface area contributed by atoms with Crippen LogP contribution in [0.15, 0.2) is 12.1 Å². The van der Waals surface area contributed by atoms with Crippen molar-refractivity contribution in [3.05, 3.63) is 22.8 Å². The van der Waals surface area contributed by atoms with E-state index in [9.17, 15) is 4.79 Å². The predicted octanol–water partition coefficient (Wildman–Crippen LogP) is 2.19. The molecule has 0 radical (unpaired) electrons. The van der Waals surface area contributed by atoms with E-state index in [4.69, 9.17) is 17.3 Å². The standard InChI is InChI=1S/C11H16ClN3O/c1-3-7-15(4-2)11(16)10-8(12)5-6-9(13)14-10/h5-6H,3-4,7H2,1-2H3,(H2,13,14). The Morgan fingerprint density at radius 2 is 2.19 bits per heavy atom. The molecule has 0 bridgehead atoms. The second-order valence-electron chi connectivity index (χ2n) is 3.45. The lowest BCUT2D eigenvalue weighted by Gasteiger charge is -2.20. The molecule has 2 N–H and O–H groups in total. The van der Waals surface area contributed by atoms with E-state index in [0.29, 0.717) is 23.9 Å². The number of rotatable bonds is 4. The Balaban J connectivity index is 2.98. The Labute approximate surface area is 100 Å². The van der Waals surface area contributed by atoms with Gasteiger partial charge in [0.2, 0.25) is 0 Å². The first-order valence-corrected chi connectivity index (χ1v) is 5.69. The predicted molar refractivity (Wildman–Crippen MR) is 65.5 cm³/mol. The van der Waals surface area contributed by atoms with E-state index >= 15 is 0 Å². The molecule has 1 aromatic rings. The van der Waals surface area contributed by atoms with Gasteiger partial charge in [0.05, 0.1) is 5.02 Å². The van der Waals surface area contributed by atoms with Gasteiger partial charge in [0.15, 0.2) is 0 Å². The molecule has 1 amide bonds. The number of pyridine rings is 1. The molecule has 0 aliphatic rings. The van der Waals surface area contributed by atoms with Gasteiger partial charge in [0.25, 0.3) is 5.91 Å². The third kappa shape index (κ3) is 2.85. The fourth-order valence-electron chi connectivity index (χ4n) is 1.43. The number of amides is 1. The van der Waals surface area contributed by atoms with Gasteiger partial charge < -0.3 is 10.6 Å². The van der Waals surface area contributed by atoms with Crippen molar-refractivity contribution in [1.82, 2.24) is 9.88 Å². The van der Waals surface area contributed by atoms with Crippen LogP contribution >= 0.6 is 11.6 Å². The lowest BCUT2D eigenvalue weighted by molar-refractivity contribution is 0.0759. The van der Waals surface area contributed by atoms with Gasteiger partial charge in [0, 0.05) is 13.1 Å². The fourth-order valence-corrected chi connectivity index (χ4v) is 1.62. The lowest BCUT2D eigenvalue weighted by Crippen LogP contribution is -2.32. The highest BCUT2D eigenvalue weighted by atomic mass is 35.5. The van der Waals surface area contributed by atoms with E-state index in [1.54, 1.807) is 17.0 Å². The van der Waals surface area contributed by atoms with Crippen LogP contribution in [0.1, 0.15) is 30.8 Å². The van der Waals surface area contributed by atoms with Crippen LogP contribution in [0.25, 0.3) is 0 Å². The molecule has 1 rings (SSSR count). The molecule has 88 valence electrons. The molecule has 1 heterocycles. The maximum absolute atomic E-state index is 12.1. The monoisotopic (exact) mass is 241 g/mol. The van der Waals surface area contributed by atoms with Crippen LogP contribution in [-0.4, -0.2) is 28.9 Å². The summed E-state index contributed by atoms with van der Waals surface area (Å²) in [7, 11) is 0. The van der Waals surface area contributed by atoms with Crippen LogP contribution in [-0.2, 0) is 0 Å². The Hall–Kier alpha value is -1.29. The topological polar surface area (TPSA) is 59.2 Å². The van der Waals surface area contributed by atoms with Gasteiger partial charge in [-0.1, -0.05) is 18.5 Å². The number of nitrogens with two attached hydrogens (primary N) is 1. The third-order valence-corrected chi connectivity index (χ3v) is 2.54. The average molecular weight is 242 g/mol. The highest BCUT2D eigenvalue weighted by Gasteiger charge is 2.18. The molecular weight excluding hydrogens is 226 g/mol. The van der Waals surface area contributed by atoms with Gasteiger partial charge in [-0.05, 0) is 25.5 Å².